The van der Waals surface area contributed by atoms with Gasteiger partial charge in [0.2, 0.25) is 0 Å². The molecule has 114 valence electrons. The van der Waals surface area contributed by atoms with Gasteiger partial charge >= 0.3 is 0 Å². The van der Waals surface area contributed by atoms with E-state index in [9.17, 15) is 4.79 Å². The number of ether oxygens (including phenoxy) is 2. The topological polar surface area (TPSA) is 62.6 Å². The minimum absolute atomic E-state index is 0.0507. The Morgan fingerprint density at radius 2 is 2.23 bits per heavy atom. The summed E-state index contributed by atoms with van der Waals surface area (Å²) in [6, 6.07) is 7.17. The Morgan fingerprint density at radius 3 is 2.82 bits per heavy atom. The Morgan fingerprint density at radius 1 is 1.45 bits per heavy atom. The number of rotatable bonds is 5. The molecule has 0 saturated carbocycles. The molecule has 1 aromatic rings. The number of hydrogen-bond acceptors (Lipinski definition) is 6. The van der Waals surface area contributed by atoms with Crippen LogP contribution in [0.1, 0.15) is 12.5 Å². The average molecular weight is 334 g/mol. The van der Waals surface area contributed by atoms with Crippen molar-refractivity contribution in [2.24, 2.45) is 0 Å². The summed E-state index contributed by atoms with van der Waals surface area (Å²) < 4.78 is 11.1. The van der Waals surface area contributed by atoms with Crippen molar-refractivity contribution in [2.45, 2.75) is 6.92 Å². The molecule has 0 aliphatic carbocycles. The van der Waals surface area contributed by atoms with Crippen LogP contribution in [0.3, 0.4) is 0 Å². The second kappa shape index (κ2) is 7.29. The fraction of sp³-hybridized carbons (Fsp3) is 0.267. The molecule has 1 saturated heterocycles. The molecule has 0 N–H and O–H groups in total. The van der Waals surface area contributed by atoms with E-state index in [4.69, 9.17) is 27.0 Å². The standard InChI is InChI=1S/C15H14N2O3S2/c1-3-17-14(18)13(22-15(17)21)9-10-4-5-11(20-7-6-16)12(8-10)19-2/h4-5,8-9H,3,7H2,1-2H3. The third-order valence-corrected chi connectivity index (χ3v) is 4.35. The van der Waals surface area contributed by atoms with Gasteiger partial charge in [0, 0.05) is 6.54 Å². The van der Waals surface area contributed by atoms with E-state index in [2.05, 4.69) is 0 Å². The highest BCUT2D eigenvalue weighted by Gasteiger charge is 2.30. The van der Waals surface area contributed by atoms with E-state index in [1.54, 1.807) is 29.2 Å². The van der Waals surface area contributed by atoms with Crippen LogP contribution in [0.5, 0.6) is 11.5 Å². The number of nitrogens with zero attached hydrogens (tertiary/aromatic N) is 2. The third kappa shape index (κ3) is 3.40. The van der Waals surface area contributed by atoms with Gasteiger partial charge in [-0.05, 0) is 30.7 Å². The van der Waals surface area contributed by atoms with Crippen molar-refractivity contribution in [1.82, 2.24) is 4.90 Å². The maximum atomic E-state index is 12.2. The van der Waals surface area contributed by atoms with Gasteiger partial charge in [-0.25, -0.2) is 0 Å². The summed E-state index contributed by atoms with van der Waals surface area (Å²) in [5, 5.41) is 8.56. The van der Waals surface area contributed by atoms with Gasteiger partial charge < -0.3 is 9.47 Å². The molecule has 0 unspecified atom stereocenters. The Bertz CT molecular complexity index is 680. The van der Waals surface area contributed by atoms with Gasteiger partial charge in [0.15, 0.2) is 18.1 Å². The number of carbonyl (C=O) groups excluding carboxylic acids is 1. The van der Waals surface area contributed by atoms with Crippen molar-refractivity contribution < 1.29 is 14.3 Å². The van der Waals surface area contributed by atoms with E-state index in [1.165, 1.54) is 18.9 Å². The average Bonchev–Trinajstić information content (AvgIpc) is 2.79. The molecule has 0 atom stereocenters. The van der Waals surface area contributed by atoms with Crippen molar-refractivity contribution in [3.63, 3.8) is 0 Å². The smallest absolute Gasteiger partial charge is 0.266 e. The molecule has 1 heterocycles. The van der Waals surface area contributed by atoms with Crippen molar-refractivity contribution in [3.05, 3.63) is 28.7 Å². The Balaban J connectivity index is 2.27. The van der Waals surface area contributed by atoms with Crippen molar-refractivity contribution in [2.75, 3.05) is 20.3 Å². The largest absolute Gasteiger partial charge is 0.493 e. The Hall–Kier alpha value is -2.04. The van der Waals surface area contributed by atoms with E-state index in [0.717, 1.165) is 5.56 Å². The number of likely N-dealkylation sites (N-methyl/N-ethyl adjacent to an activating group) is 1. The molecule has 0 radical (unpaired) electrons. The second-order valence-electron chi connectivity index (χ2n) is 4.28. The monoisotopic (exact) mass is 334 g/mol. The summed E-state index contributed by atoms with van der Waals surface area (Å²) in [6.45, 7) is 2.40. The number of thioether (sulfide) groups is 1. The number of benzene rings is 1. The first-order valence-corrected chi connectivity index (χ1v) is 7.76. The van der Waals surface area contributed by atoms with Crippen LogP contribution < -0.4 is 9.47 Å². The van der Waals surface area contributed by atoms with Crippen LogP contribution >= 0.6 is 24.0 Å². The number of nitriles is 1. The van der Waals surface area contributed by atoms with E-state index < -0.39 is 0 Å². The fourth-order valence-electron chi connectivity index (χ4n) is 1.93. The summed E-state index contributed by atoms with van der Waals surface area (Å²) in [5.74, 6) is 0.915. The SMILES string of the molecule is CCN1C(=O)C(=Cc2ccc(OCC#N)c(OC)c2)SC1=S. The molecular weight excluding hydrogens is 320 g/mol. The van der Waals surface area contributed by atoms with Gasteiger partial charge in [0.1, 0.15) is 10.4 Å². The zero-order valence-corrected chi connectivity index (χ0v) is 13.8. The molecule has 5 nitrogen and oxygen atoms in total. The van der Waals surface area contributed by atoms with Gasteiger partial charge in [0.25, 0.3) is 5.91 Å². The number of thiocarbonyl (C=S) groups is 1. The van der Waals surface area contributed by atoms with Crippen molar-refractivity contribution >= 4 is 40.3 Å². The van der Waals surface area contributed by atoms with Crippen LogP contribution in [0.15, 0.2) is 23.1 Å². The number of methoxy groups -OCH3 is 1. The van der Waals surface area contributed by atoms with Crippen LogP contribution in [0, 0.1) is 11.3 Å². The molecule has 1 aliphatic heterocycles. The van der Waals surface area contributed by atoms with Gasteiger partial charge in [0.05, 0.1) is 12.0 Å². The molecule has 0 bridgehead atoms. The highest BCUT2D eigenvalue weighted by atomic mass is 32.2. The van der Waals surface area contributed by atoms with Crippen molar-refractivity contribution in [1.29, 1.82) is 5.26 Å². The first kappa shape index (κ1) is 16.3. The molecular formula is C15H14N2O3S2. The third-order valence-electron chi connectivity index (χ3n) is 2.97. The molecule has 1 fully saturated rings. The quantitative estimate of drug-likeness (QED) is 0.609. The second-order valence-corrected chi connectivity index (χ2v) is 5.96. The van der Waals surface area contributed by atoms with E-state index in [-0.39, 0.29) is 12.5 Å². The van der Waals surface area contributed by atoms with E-state index in [0.29, 0.717) is 27.3 Å². The van der Waals surface area contributed by atoms with Crippen LogP contribution in [0.4, 0.5) is 0 Å². The van der Waals surface area contributed by atoms with Gasteiger partial charge in [-0.1, -0.05) is 30.0 Å². The Labute approximate surface area is 138 Å². The molecule has 0 spiro atoms. The molecule has 1 amide bonds. The number of carbonyl (C=O) groups is 1. The maximum absolute atomic E-state index is 12.2. The molecule has 1 aliphatic rings. The first-order valence-electron chi connectivity index (χ1n) is 6.53. The molecule has 1 aromatic carbocycles. The minimum Gasteiger partial charge on any atom is -0.493 e. The number of amides is 1. The predicted octanol–water partition coefficient (Wildman–Crippen LogP) is 2.82. The molecule has 0 aromatic heterocycles. The summed E-state index contributed by atoms with van der Waals surface area (Å²) in [5.41, 5.74) is 0.803. The summed E-state index contributed by atoms with van der Waals surface area (Å²) in [4.78, 5) is 14.3. The van der Waals surface area contributed by atoms with Crippen molar-refractivity contribution in [3.8, 4) is 17.6 Å². The van der Waals surface area contributed by atoms with Gasteiger partial charge in [-0.3, -0.25) is 9.69 Å². The lowest BCUT2D eigenvalue weighted by Crippen LogP contribution is -2.27. The lowest BCUT2D eigenvalue weighted by molar-refractivity contribution is -0.121. The maximum Gasteiger partial charge on any atom is 0.266 e. The highest BCUT2D eigenvalue weighted by molar-refractivity contribution is 8.26. The van der Waals surface area contributed by atoms with Gasteiger partial charge in [-0.15, -0.1) is 0 Å². The van der Waals surface area contributed by atoms with E-state index in [1.807, 2.05) is 13.0 Å². The van der Waals surface area contributed by atoms with Gasteiger partial charge in [-0.2, -0.15) is 5.26 Å². The zero-order valence-electron chi connectivity index (χ0n) is 12.2. The van der Waals surface area contributed by atoms with Crippen LogP contribution in [-0.2, 0) is 4.79 Å². The summed E-state index contributed by atoms with van der Waals surface area (Å²) >= 11 is 6.47. The predicted molar refractivity (Wildman–Crippen MR) is 89.7 cm³/mol. The lowest BCUT2D eigenvalue weighted by atomic mass is 10.2. The zero-order chi connectivity index (χ0) is 16.1. The minimum atomic E-state index is -0.0822. The molecule has 22 heavy (non-hydrogen) atoms. The number of hydrogen-bond donors (Lipinski definition) is 0. The van der Waals surface area contributed by atoms with Crippen LogP contribution in [-0.4, -0.2) is 35.4 Å². The summed E-state index contributed by atoms with van der Waals surface area (Å²) in [7, 11) is 1.52. The van der Waals surface area contributed by atoms with E-state index >= 15 is 0 Å². The Kier molecular flexibility index (Phi) is 5.41. The lowest BCUT2D eigenvalue weighted by Gasteiger charge is -2.10. The van der Waals surface area contributed by atoms with Crippen LogP contribution in [0.25, 0.3) is 6.08 Å². The molecule has 2 rings (SSSR count). The normalized spacial score (nSPS) is 16.0. The van der Waals surface area contributed by atoms with Crippen LogP contribution in [0.2, 0.25) is 0 Å². The fourth-order valence-corrected chi connectivity index (χ4v) is 3.31. The molecule has 7 heteroatoms. The highest BCUT2D eigenvalue weighted by Crippen LogP contribution is 2.34. The summed E-state index contributed by atoms with van der Waals surface area (Å²) in [6.07, 6.45) is 1.77. The first-order chi connectivity index (χ1) is 10.6.